The van der Waals surface area contributed by atoms with E-state index >= 15 is 0 Å². The Kier molecular flexibility index (Phi) is 4.03. The van der Waals surface area contributed by atoms with Crippen LogP contribution in [0.4, 0.5) is 0 Å². The van der Waals surface area contributed by atoms with Crippen LogP contribution in [0, 0.1) is 0 Å². The first kappa shape index (κ1) is 14.4. The molecule has 2 rings (SSSR count). The van der Waals surface area contributed by atoms with Crippen LogP contribution in [0.25, 0.3) is 0 Å². The highest BCUT2D eigenvalue weighted by Gasteiger charge is 2.24. The van der Waals surface area contributed by atoms with Gasteiger partial charge >= 0.3 is 5.97 Å². The second kappa shape index (κ2) is 5.58. The lowest BCUT2D eigenvalue weighted by Crippen LogP contribution is -2.34. The molecule has 1 fully saturated rings. The Hall–Kier alpha value is -1.96. The van der Waals surface area contributed by atoms with Gasteiger partial charge < -0.3 is 10.0 Å². The molecule has 0 unspecified atom stereocenters. The van der Waals surface area contributed by atoms with Gasteiger partial charge in [-0.25, -0.2) is 18.2 Å². The van der Waals surface area contributed by atoms with Crippen molar-refractivity contribution in [2.45, 2.75) is 6.42 Å². The zero-order valence-corrected chi connectivity index (χ0v) is 11.5. The van der Waals surface area contributed by atoms with Crippen molar-refractivity contribution in [1.29, 1.82) is 0 Å². The molecule has 0 saturated carbocycles. The van der Waals surface area contributed by atoms with Gasteiger partial charge in [-0.05, 0) is 18.6 Å². The third-order valence-corrected chi connectivity index (χ3v) is 4.75. The van der Waals surface area contributed by atoms with Crippen molar-refractivity contribution >= 4 is 21.7 Å². The molecule has 0 aromatic carbocycles. The van der Waals surface area contributed by atoms with Crippen LogP contribution in [-0.2, 0) is 9.84 Å². The fraction of sp³-hybridized carbons (Fsp3) is 0.417. The molecule has 1 aliphatic rings. The van der Waals surface area contributed by atoms with Crippen molar-refractivity contribution in [2.24, 2.45) is 0 Å². The van der Waals surface area contributed by atoms with E-state index in [1.54, 1.807) is 0 Å². The van der Waals surface area contributed by atoms with E-state index in [9.17, 15) is 18.0 Å². The highest BCUT2D eigenvalue weighted by atomic mass is 32.2. The Morgan fingerprint density at radius 1 is 1.15 bits per heavy atom. The van der Waals surface area contributed by atoms with Gasteiger partial charge in [-0.15, -0.1) is 0 Å². The largest absolute Gasteiger partial charge is 0.477 e. The molecule has 0 bridgehead atoms. The molecule has 1 saturated heterocycles. The van der Waals surface area contributed by atoms with Gasteiger partial charge in [-0.3, -0.25) is 4.79 Å². The maximum atomic E-state index is 12.2. The minimum Gasteiger partial charge on any atom is -0.477 e. The van der Waals surface area contributed by atoms with Gasteiger partial charge in [0.05, 0.1) is 11.5 Å². The van der Waals surface area contributed by atoms with Crippen LogP contribution in [0.1, 0.15) is 27.4 Å². The number of hydrogen-bond donors (Lipinski definition) is 1. The smallest absolute Gasteiger partial charge is 0.354 e. The molecule has 8 heteroatoms. The van der Waals surface area contributed by atoms with Gasteiger partial charge in [0.2, 0.25) is 0 Å². The number of rotatable bonds is 2. The Morgan fingerprint density at radius 3 is 2.55 bits per heavy atom. The number of pyridine rings is 1. The van der Waals surface area contributed by atoms with Crippen LogP contribution in [0.15, 0.2) is 18.2 Å². The third-order valence-electron chi connectivity index (χ3n) is 3.03. The van der Waals surface area contributed by atoms with E-state index in [1.807, 2.05) is 0 Å². The first-order chi connectivity index (χ1) is 9.39. The molecule has 1 aromatic heterocycles. The fourth-order valence-corrected chi connectivity index (χ4v) is 3.25. The highest BCUT2D eigenvalue weighted by molar-refractivity contribution is 7.91. The molecule has 0 radical (unpaired) electrons. The number of carboxylic acid groups (broad SMARTS) is 1. The average molecular weight is 298 g/mol. The van der Waals surface area contributed by atoms with Crippen molar-refractivity contribution in [3.63, 3.8) is 0 Å². The predicted molar refractivity (Wildman–Crippen MR) is 70.4 cm³/mol. The normalized spacial score (nSPS) is 18.3. The zero-order valence-electron chi connectivity index (χ0n) is 10.7. The summed E-state index contributed by atoms with van der Waals surface area (Å²) in [5.41, 5.74) is -0.192. The van der Waals surface area contributed by atoms with Gasteiger partial charge in [-0.1, -0.05) is 6.07 Å². The molecule has 1 N–H and O–H groups in total. The number of sulfone groups is 1. The molecule has 7 nitrogen and oxygen atoms in total. The van der Waals surface area contributed by atoms with E-state index in [0.717, 1.165) is 0 Å². The molecule has 0 aliphatic carbocycles. The Bertz CT molecular complexity index is 641. The Balaban J connectivity index is 2.19. The molecule has 0 spiro atoms. The number of aromatic carboxylic acids is 1. The van der Waals surface area contributed by atoms with Crippen molar-refractivity contribution in [3.8, 4) is 0 Å². The molecule has 2 heterocycles. The number of carbonyl (C=O) groups is 2. The zero-order chi connectivity index (χ0) is 14.8. The Morgan fingerprint density at radius 2 is 1.85 bits per heavy atom. The number of aromatic nitrogens is 1. The van der Waals surface area contributed by atoms with Gasteiger partial charge in [0.25, 0.3) is 5.91 Å². The summed E-state index contributed by atoms with van der Waals surface area (Å²) >= 11 is 0. The van der Waals surface area contributed by atoms with E-state index < -0.39 is 21.7 Å². The molecule has 1 aliphatic heterocycles. The second-order valence-corrected chi connectivity index (χ2v) is 6.81. The number of amides is 1. The van der Waals surface area contributed by atoms with Gasteiger partial charge in [-0.2, -0.15) is 0 Å². The lowest BCUT2D eigenvalue weighted by molar-refractivity contribution is 0.0690. The monoisotopic (exact) mass is 298 g/mol. The summed E-state index contributed by atoms with van der Waals surface area (Å²) in [6, 6.07) is 4.17. The van der Waals surface area contributed by atoms with E-state index in [2.05, 4.69) is 4.98 Å². The second-order valence-electron chi connectivity index (χ2n) is 4.51. The van der Waals surface area contributed by atoms with Gasteiger partial charge in [0, 0.05) is 13.1 Å². The first-order valence-corrected chi connectivity index (χ1v) is 7.91. The van der Waals surface area contributed by atoms with E-state index in [1.165, 1.54) is 23.1 Å². The standard InChI is InChI=1S/C12H14N2O5S/c15-11(9-3-1-4-10(13-9)12(16)17)14-5-2-7-20(18,19)8-6-14/h1,3-4H,2,5-8H2,(H,16,17). The number of nitrogens with zero attached hydrogens (tertiary/aromatic N) is 2. The van der Waals surface area contributed by atoms with Crippen molar-refractivity contribution < 1.29 is 23.1 Å². The van der Waals surface area contributed by atoms with Crippen molar-refractivity contribution in [2.75, 3.05) is 24.6 Å². The van der Waals surface area contributed by atoms with Crippen LogP contribution < -0.4 is 0 Å². The topological polar surface area (TPSA) is 105 Å². The lowest BCUT2D eigenvalue weighted by atomic mass is 10.2. The van der Waals surface area contributed by atoms with Crippen LogP contribution in [0.3, 0.4) is 0 Å². The van der Waals surface area contributed by atoms with E-state index in [4.69, 9.17) is 5.11 Å². The fourth-order valence-electron chi connectivity index (χ4n) is 1.98. The summed E-state index contributed by atoms with van der Waals surface area (Å²) in [5, 5.41) is 8.85. The summed E-state index contributed by atoms with van der Waals surface area (Å²) in [6.45, 7) is 0.442. The summed E-state index contributed by atoms with van der Waals surface area (Å²) < 4.78 is 23.0. The van der Waals surface area contributed by atoms with Crippen LogP contribution in [0.5, 0.6) is 0 Å². The molecule has 20 heavy (non-hydrogen) atoms. The number of carboxylic acids is 1. The summed E-state index contributed by atoms with van der Waals surface area (Å²) in [7, 11) is -3.10. The quantitative estimate of drug-likeness (QED) is 0.826. The van der Waals surface area contributed by atoms with Crippen molar-refractivity contribution in [1.82, 2.24) is 9.88 Å². The lowest BCUT2D eigenvalue weighted by Gasteiger charge is -2.19. The maximum Gasteiger partial charge on any atom is 0.354 e. The van der Waals surface area contributed by atoms with Crippen molar-refractivity contribution in [3.05, 3.63) is 29.6 Å². The number of hydrogen-bond acceptors (Lipinski definition) is 5. The summed E-state index contributed by atoms with van der Waals surface area (Å²) in [5.74, 6) is -1.65. The van der Waals surface area contributed by atoms with E-state index in [0.29, 0.717) is 13.0 Å². The predicted octanol–water partition coefficient (Wildman–Crippen LogP) is 0.0405. The van der Waals surface area contributed by atoms with Crippen LogP contribution in [0.2, 0.25) is 0 Å². The van der Waals surface area contributed by atoms with Gasteiger partial charge in [0.15, 0.2) is 9.84 Å². The Labute approximate surface area is 116 Å². The average Bonchev–Trinajstić information content (AvgIpc) is 2.59. The highest BCUT2D eigenvalue weighted by Crippen LogP contribution is 2.09. The van der Waals surface area contributed by atoms with Gasteiger partial charge in [0.1, 0.15) is 11.4 Å². The maximum absolute atomic E-state index is 12.2. The summed E-state index contributed by atoms with van der Waals surface area (Å²) in [4.78, 5) is 28.2. The first-order valence-electron chi connectivity index (χ1n) is 6.09. The molecule has 1 aromatic rings. The molecular formula is C12H14N2O5S. The van der Waals surface area contributed by atoms with Crippen LogP contribution in [-0.4, -0.2) is 59.9 Å². The minimum absolute atomic E-state index is 0.0178. The van der Waals surface area contributed by atoms with Crippen LogP contribution >= 0.6 is 0 Å². The molecule has 108 valence electrons. The molecular weight excluding hydrogens is 284 g/mol. The summed E-state index contributed by atoms with van der Waals surface area (Å²) in [6.07, 6.45) is 0.382. The molecule has 1 amide bonds. The molecule has 0 atom stereocenters. The third kappa shape index (κ3) is 3.32. The SMILES string of the molecule is O=C(O)c1cccc(C(=O)N2CCCS(=O)(=O)CC2)n1. The van der Waals surface area contributed by atoms with E-state index in [-0.39, 0.29) is 29.4 Å². The minimum atomic E-state index is -3.10. The number of carbonyl (C=O) groups excluding carboxylic acids is 1.